The van der Waals surface area contributed by atoms with Gasteiger partial charge in [0.2, 0.25) is 0 Å². The van der Waals surface area contributed by atoms with Crippen LogP contribution in [0.2, 0.25) is 0 Å². The lowest BCUT2D eigenvalue weighted by Crippen LogP contribution is -2.57. The Bertz CT molecular complexity index is 798. The van der Waals surface area contributed by atoms with Crippen LogP contribution < -0.4 is 9.47 Å². The van der Waals surface area contributed by atoms with Crippen LogP contribution in [0.15, 0.2) is 18.5 Å². The highest BCUT2D eigenvalue weighted by Gasteiger charge is 2.51. The third-order valence-corrected chi connectivity index (χ3v) is 5.69. The summed E-state index contributed by atoms with van der Waals surface area (Å²) >= 11 is 0. The number of nitrogens with one attached hydrogen (secondary N) is 1. The lowest BCUT2D eigenvalue weighted by molar-refractivity contribution is 0.00451. The number of H-pyrrole nitrogens is 1. The summed E-state index contributed by atoms with van der Waals surface area (Å²) in [5.41, 5.74) is 3.46. The molecule has 1 fully saturated rings. The van der Waals surface area contributed by atoms with Gasteiger partial charge in [0, 0.05) is 29.8 Å². The molecule has 1 aromatic carbocycles. The Morgan fingerprint density at radius 1 is 1.24 bits per heavy atom. The maximum Gasteiger partial charge on any atom is 0.254 e. The average Bonchev–Trinajstić information content (AvgIpc) is 3.07. The van der Waals surface area contributed by atoms with Crippen molar-refractivity contribution in [2.45, 2.75) is 38.1 Å². The van der Waals surface area contributed by atoms with E-state index in [1.54, 1.807) is 20.5 Å². The summed E-state index contributed by atoms with van der Waals surface area (Å²) in [6.07, 6.45) is 5.61. The van der Waals surface area contributed by atoms with Gasteiger partial charge in [0.15, 0.2) is 0 Å². The van der Waals surface area contributed by atoms with Crippen LogP contribution in [0.25, 0.3) is 0 Å². The number of amides is 1. The van der Waals surface area contributed by atoms with Crippen molar-refractivity contribution < 1.29 is 14.3 Å². The lowest BCUT2D eigenvalue weighted by Gasteiger charge is -2.52. The molecule has 1 amide bonds. The van der Waals surface area contributed by atoms with Crippen molar-refractivity contribution in [3.05, 3.63) is 41.0 Å². The third-order valence-electron chi connectivity index (χ3n) is 5.69. The van der Waals surface area contributed by atoms with E-state index in [0.29, 0.717) is 23.6 Å². The van der Waals surface area contributed by atoms with Gasteiger partial charge in [-0.3, -0.25) is 4.79 Å². The van der Waals surface area contributed by atoms with Gasteiger partial charge in [-0.15, -0.1) is 0 Å². The molecule has 25 heavy (non-hydrogen) atoms. The molecule has 132 valence electrons. The largest absolute Gasteiger partial charge is 0.496 e. The summed E-state index contributed by atoms with van der Waals surface area (Å²) < 4.78 is 10.9. The van der Waals surface area contributed by atoms with E-state index in [-0.39, 0.29) is 11.4 Å². The lowest BCUT2D eigenvalue weighted by atomic mass is 9.70. The summed E-state index contributed by atoms with van der Waals surface area (Å²) in [6, 6.07) is 3.62. The molecule has 2 heterocycles. The Morgan fingerprint density at radius 2 is 1.92 bits per heavy atom. The summed E-state index contributed by atoms with van der Waals surface area (Å²) in [6.45, 7) is 2.63. The molecule has 6 nitrogen and oxygen atoms in total. The predicted molar refractivity (Wildman–Crippen MR) is 93.1 cm³/mol. The molecule has 0 saturated heterocycles. The van der Waals surface area contributed by atoms with E-state index in [1.807, 2.05) is 24.0 Å². The molecule has 1 aromatic heterocycles. The van der Waals surface area contributed by atoms with Crippen LogP contribution in [0.3, 0.4) is 0 Å². The molecule has 1 saturated carbocycles. The smallest absolute Gasteiger partial charge is 0.254 e. The summed E-state index contributed by atoms with van der Waals surface area (Å²) in [4.78, 5) is 23.1. The molecule has 6 heteroatoms. The minimum atomic E-state index is -0.254. The van der Waals surface area contributed by atoms with Crippen molar-refractivity contribution in [3.8, 4) is 11.5 Å². The van der Waals surface area contributed by atoms with Crippen LogP contribution in [0.5, 0.6) is 11.5 Å². The normalized spacial score (nSPS) is 17.8. The summed E-state index contributed by atoms with van der Waals surface area (Å²) in [5, 5.41) is 0. The highest BCUT2D eigenvalue weighted by atomic mass is 16.5. The Kier molecular flexibility index (Phi) is 3.71. The molecule has 4 rings (SSSR count). The van der Waals surface area contributed by atoms with E-state index in [9.17, 15) is 4.79 Å². The Morgan fingerprint density at radius 3 is 2.48 bits per heavy atom. The molecule has 1 aliphatic carbocycles. The first-order valence-electron chi connectivity index (χ1n) is 8.68. The van der Waals surface area contributed by atoms with E-state index in [1.165, 1.54) is 5.69 Å². The van der Waals surface area contributed by atoms with Crippen molar-refractivity contribution in [2.75, 3.05) is 20.8 Å². The number of rotatable bonds is 3. The van der Waals surface area contributed by atoms with Crippen LogP contribution in [-0.2, 0) is 12.0 Å². The second-order valence-electron chi connectivity index (χ2n) is 6.83. The van der Waals surface area contributed by atoms with Crippen LogP contribution in [0.1, 0.15) is 46.6 Å². The number of benzene rings is 1. The molecule has 0 radical (unpaired) electrons. The van der Waals surface area contributed by atoms with E-state index in [4.69, 9.17) is 9.47 Å². The number of hydrogen-bond donors (Lipinski definition) is 1. The van der Waals surface area contributed by atoms with Gasteiger partial charge in [-0.1, -0.05) is 0 Å². The SMILES string of the molecule is COc1cc(C(=O)N2CCc3[nH]cnc3C23CCC3)cc(OC)c1C. The van der Waals surface area contributed by atoms with Crippen LogP contribution >= 0.6 is 0 Å². The van der Waals surface area contributed by atoms with Crippen molar-refractivity contribution in [2.24, 2.45) is 0 Å². The third kappa shape index (κ3) is 2.23. The number of aromatic amines is 1. The molecule has 0 atom stereocenters. The van der Waals surface area contributed by atoms with Gasteiger partial charge in [-0.2, -0.15) is 0 Å². The minimum Gasteiger partial charge on any atom is -0.496 e. The topological polar surface area (TPSA) is 67.5 Å². The average molecular weight is 341 g/mol. The zero-order valence-electron chi connectivity index (χ0n) is 14.9. The number of imidazole rings is 1. The zero-order valence-corrected chi connectivity index (χ0v) is 14.9. The number of carbonyl (C=O) groups excluding carboxylic acids is 1. The van der Waals surface area contributed by atoms with Gasteiger partial charge in [0.1, 0.15) is 11.5 Å². The first-order chi connectivity index (χ1) is 12.1. The monoisotopic (exact) mass is 341 g/mol. The standard InChI is InChI=1S/C19H23N3O3/c1-12-15(24-2)9-13(10-16(12)25-3)18(23)22-8-5-14-17(21-11-20-14)19(22)6-4-7-19/h9-11H,4-8H2,1-3H3,(H,20,21). The fourth-order valence-corrected chi connectivity index (χ4v) is 4.16. The Hall–Kier alpha value is -2.50. The molecule has 2 aliphatic rings. The molecule has 0 bridgehead atoms. The summed E-state index contributed by atoms with van der Waals surface area (Å²) in [5.74, 6) is 1.36. The van der Waals surface area contributed by atoms with Crippen molar-refractivity contribution in [3.63, 3.8) is 0 Å². The number of nitrogens with zero attached hydrogens (tertiary/aromatic N) is 2. The van der Waals surface area contributed by atoms with Crippen molar-refractivity contribution >= 4 is 5.91 Å². The van der Waals surface area contributed by atoms with Gasteiger partial charge < -0.3 is 19.4 Å². The van der Waals surface area contributed by atoms with Gasteiger partial charge in [0.25, 0.3) is 5.91 Å². The van der Waals surface area contributed by atoms with Crippen molar-refractivity contribution in [1.82, 2.24) is 14.9 Å². The van der Waals surface area contributed by atoms with E-state index in [0.717, 1.165) is 36.9 Å². The first kappa shape index (κ1) is 16.0. The molecule has 1 spiro atoms. The number of methoxy groups -OCH3 is 2. The van der Waals surface area contributed by atoms with Crippen LogP contribution in [0, 0.1) is 6.92 Å². The highest BCUT2D eigenvalue weighted by molar-refractivity contribution is 5.96. The molecule has 2 aromatic rings. The highest BCUT2D eigenvalue weighted by Crippen LogP contribution is 2.49. The van der Waals surface area contributed by atoms with Gasteiger partial charge >= 0.3 is 0 Å². The number of fused-ring (bicyclic) bond motifs is 2. The molecular weight excluding hydrogens is 318 g/mol. The Labute approximate surface area is 147 Å². The second kappa shape index (κ2) is 5.79. The van der Waals surface area contributed by atoms with Gasteiger partial charge in [-0.05, 0) is 38.3 Å². The molecule has 1 aliphatic heterocycles. The number of ether oxygens (including phenoxy) is 2. The minimum absolute atomic E-state index is 0.0185. The first-order valence-corrected chi connectivity index (χ1v) is 8.68. The predicted octanol–water partition coefficient (Wildman–Crippen LogP) is 2.81. The maximum atomic E-state index is 13.4. The van der Waals surface area contributed by atoms with Gasteiger partial charge in [-0.25, -0.2) is 4.98 Å². The fourth-order valence-electron chi connectivity index (χ4n) is 4.16. The molecule has 0 unspecified atom stereocenters. The second-order valence-corrected chi connectivity index (χ2v) is 6.83. The quantitative estimate of drug-likeness (QED) is 0.932. The molecule has 1 N–H and O–H groups in total. The van der Waals surface area contributed by atoms with Crippen LogP contribution in [-0.4, -0.2) is 41.5 Å². The zero-order chi connectivity index (χ0) is 17.6. The fraction of sp³-hybridized carbons (Fsp3) is 0.474. The van der Waals surface area contributed by atoms with Gasteiger partial charge in [0.05, 0.1) is 31.8 Å². The maximum absolute atomic E-state index is 13.4. The number of aromatic nitrogens is 2. The number of hydrogen-bond acceptors (Lipinski definition) is 4. The van der Waals surface area contributed by atoms with Crippen molar-refractivity contribution in [1.29, 1.82) is 0 Å². The summed E-state index contributed by atoms with van der Waals surface area (Å²) in [7, 11) is 3.22. The number of carbonyl (C=O) groups is 1. The Balaban J connectivity index is 1.74. The molecular formula is C19H23N3O3. The van der Waals surface area contributed by atoms with Crippen LogP contribution in [0.4, 0.5) is 0 Å². The van der Waals surface area contributed by atoms with E-state index < -0.39 is 0 Å². The van der Waals surface area contributed by atoms with E-state index in [2.05, 4.69) is 9.97 Å². The van der Waals surface area contributed by atoms with E-state index >= 15 is 0 Å².